The topological polar surface area (TPSA) is 21.3 Å². The zero-order valence-electron chi connectivity index (χ0n) is 18.3. The quantitative estimate of drug-likeness (QED) is 0.396. The van der Waals surface area contributed by atoms with Gasteiger partial charge in [-0.25, -0.2) is 0 Å². The molecule has 0 aromatic heterocycles. The van der Waals surface area contributed by atoms with Crippen molar-refractivity contribution >= 4 is 18.7 Å². The molecule has 0 saturated carbocycles. The van der Waals surface area contributed by atoms with Crippen molar-refractivity contribution in [3.8, 4) is 0 Å². The number of hydrogen-bond acceptors (Lipinski definition) is 2. The molecule has 3 rings (SSSR count). The summed E-state index contributed by atoms with van der Waals surface area (Å²) in [4.78, 5) is 0. The molecule has 0 heterocycles. The van der Waals surface area contributed by atoms with Gasteiger partial charge < -0.3 is 9.74 Å². The molecule has 0 spiro atoms. The summed E-state index contributed by atoms with van der Waals surface area (Å²) in [6.45, 7) is 12.4. The summed E-state index contributed by atoms with van der Waals surface area (Å²) in [5, 5.41) is 6.17. The van der Waals surface area contributed by atoms with Crippen LogP contribution in [-0.2, 0) is 11.0 Å². The van der Waals surface area contributed by atoms with Crippen LogP contribution in [0, 0.1) is 0 Å². The molecule has 0 aliphatic rings. The largest absolute Gasteiger partial charge is 0.405 e. The Hall–Kier alpha value is -2.46. The van der Waals surface area contributed by atoms with Crippen molar-refractivity contribution in [2.45, 2.75) is 38.4 Å². The molecule has 0 fully saturated rings. The van der Waals surface area contributed by atoms with E-state index in [0.717, 1.165) is 6.54 Å². The fourth-order valence-electron chi connectivity index (χ4n) is 4.03. The summed E-state index contributed by atoms with van der Waals surface area (Å²) < 4.78 is 7.01. The minimum absolute atomic E-state index is 0.0269. The standard InChI is InChI=1S/C27H33NOSi/c1-5-24(28-21-23-15-9-6-10-16-23)22-29-30(27(2,3)4,25-17-11-7-12-18-25)26-19-13-8-14-20-26/h5-20,24,28H,1,21-22H2,2-4H3. The van der Waals surface area contributed by atoms with E-state index in [1.54, 1.807) is 0 Å². The van der Waals surface area contributed by atoms with Gasteiger partial charge in [0.15, 0.2) is 0 Å². The lowest BCUT2D eigenvalue weighted by atomic mass is 10.2. The maximum atomic E-state index is 7.01. The third-order valence-electron chi connectivity index (χ3n) is 5.59. The lowest BCUT2D eigenvalue weighted by molar-refractivity contribution is 0.269. The van der Waals surface area contributed by atoms with Crippen LogP contribution in [0.1, 0.15) is 26.3 Å². The lowest BCUT2D eigenvalue weighted by Gasteiger charge is -2.43. The van der Waals surface area contributed by atoms with Crippen LogP contribution >= 0.6 is 0 Å². The van der Waals surface area contributed by atoms with Crippen molar-refractivity contribution in [2.24, 2.45) is 0 Å². The van der Waals surface area contributed by atoms with E-state index in [9.17, 15) is 0 Å². The van der Waals surface area contributed by atoms with E-state index in [1.807, 2.05) is 12.1 Å². The number of benzene rings is 3. The third kappa shape index (κ3) is 4.98. The Bertz CT molecular complexity index is 864. The van der Waals surface area contributed by atoms with Gasteiger partial charge in [0, 0.05) is 12.6 Å². The van der Waals surface area contributed by atoms with Gasteiger partial charge in [-0.1, -0.05) is 118 Å². The molecule has 0 amide bonds. The Morgan fingerprint density at radius 3 is 1.73 bits per heavy atom. The van der Waals surface area contributed by atoms with Crippen LogP contribution in [0.2, 0.25) is 5.04 Å². The van der Waals surface area contributed by atoms with Crippen molar-refractivity contribution in [3.05, 3.63) is 109 Å². The molecule has 1 unspecified atom stereocenters. The first kappa shape index (κ1) is 22.2. The third-order valence-corrected chi connectivity index (χ3v) is 10.6. The Morgan fingerprint density at radius 1 is 0.833 bits per heavy atom. The number of hydrogen-bond donors (Lipinski definition) is 1. The molecule has 0 bridgehead atoms. The van der Waals surface area contributed by atoms with Crippen LogP contribution < -0.4 is 15.7 Å². The fraction of sp³-hybridized carbons (Fsp3) is 0.259. The Labute approximate surface area is 182 Å². The highest BCUT2D eigenvalue weighted by Crippen LogP contribution is 2.36. The molecule has 0 aliphatic heterocycles. The van der Waals surface area contributed by atoms with Crippen LogP contribution in [0.4, 0.5) is 0 Å². The first-order chi connectivity index (χ1) is 14.5. The highest BCUT2D eigenvalue weighted by molar-refractivity contribution is 6.99. The van der Waals surface area contributed by atoms with Crippen LogP contribution in [0.25, 0.3) is 0 Å². The van der Waals surface area contributed by atoms with E-state index >= 15 is 0 Å². The number of nitrogens with one attached hydrogen (secondary N) is 1. The minimum Gasteiger partial charge on any atom is -0.405 e. The van der Waals surface area contributed by atoms with Gasteiger partial charge in [0.25, 0.3) is 8.32 Å². The summed E-state index contributed by atoms with van der Waals surface area (Å²) in [5.74, 6) is 0. The van der Waals surface area contributed by atoms with Gasteiger partial charge in [-0.2, -0.15) is 0 Å². The first-order valence-electron chi connectivity index (χ1n) is 10.6. The molecular formula is C27H33NOSi. The lowest BCUT2D eigenvalue weighted by Crippen LogP contribution is -2.67. The predicted octanol–water partition coefficient (Wildman–Crippen LogP) is 4.91. The zero-order chi connectivity index (χ0) is 21.5. The predicted molar refractivity (Wildman–Crippen MR) is 131 cm³/mol. The molecule has 3 aromatic carbocycles. The molecule has 3 heteroatoms. The Balaban J connectivity index is 1.89. The average molecular weight is 416 g/mol. The second-order valence-electron chi connectivity index (χ2n) is 8.68. The molecule has 0 aliphatic carbocycles. The molecule has 0 radical (unpaired) electrons. The molecule has 1 atom stereocenters. The molecule has 1 N–H and O–H groups in total. The van der Waals surface area contributed by atoms with Gasteiger partial charge in [0.1, 0.15) is 0 Å². The maximum Gasteiger partial charge on any atom is 0.261 e. The van der Waals surface area contributed by atoms with E-state index in [0.29, 0.717) is 6.61 Å². The summed E-state index contributed by atoms with van der Waals surface area (Å²) in [5.41, 5.74) is 1.26. The number of rotatable bonds is 9. The highest BCUT2D eigenvalue weighted by Gasteiger charge is 2.50. The summed E-state index contributed by atoms with van der Waals surface area (Å²) in [7, 11) is -2.52. The van der Waals surface area contributed by atoms with Gasteiger partial charge in [0.2, 0.25) is 0 Å². The maximum absolute atomic E-state index is 7.01. The molecule has 30 heavy (non-hydrogen) atoms. The molecule has 3 aromatic rings. The van der Waals surface area contributed by atoms with E-state index in [1.165, 1.54) is 15.9 Å². The van der Waals surface area contributed by atoms with Gasteiger partial charge in [-0.05, 0) is 21.0 Å². The van der Waals surface area contributed by atoms with Gasteiger partial charge in [-0.15, -0.1) is 6.58 Å². The Kier molecular flexibility index (Phi) is 7.43. The van der Waals surface area contributed by atoms with Crippen LogP contribution in [-0.4, -0.2) is 21.0 Å². The van der Waals surface area contributed by atoms with E-state index in [2.05, 4.69) is 118 Å². The Morgan fingerprint density at radius 2 is 1.30 bits per heavy atom. The van der Waals surface area contributed by atoms with E-state index < -0.39 is 8.32 Å². The van der Waals surface area contributed by atoms with Crippen LogP contribution in [0.5, 0.6) is 0 Å². The smallest absolute Gasteiger partial charge is 0.261 e. The van der Waals surface area contributed by atoms with E-state index in [-0.39, 0.29) is 11.1 Å². The highest BCUT2D eigenvalue weighted by atomic mass is 28.4. The minimum atomic E-state index is -2.52. The van der Waals surface area contributed by atoms with Crippen molar-refractivity contribution in [1.82, 2.24) is 5.32 Å². The van der Waals surface area contributed by atoms with Gasteiger partial charge >= 0.3 is 0 Å². The first-order valence-corrected chi connectivity index (χ1v) is 12.5. The summed E-state index contributed by atoms with van der Waals surface area (Å²) in [6, 6.07) is 32.1. The molecule has 156 valence electrons. The van der Waals surface area contributed by atoms with Crippen LogP contribution in [0.3, 0.4) is 0 Å². The normalized spacial score (nSPS) is 13.0. The van der Waals surface area contributed by atoms with Crippen LogP contribution in [0.15, 0.2) is 104 Å². The molecule has 2 nitrogen and oxygen atoms in total. The fourth-order valence-corrected chi connectivity index (χ4v) is 8.62. The average Bonchev–Trinajstić information content (AvgIpc) is 2.77. The van der Waals surface area contributed by atoms with Crippen molar-refractivity contribution in [1.29, 1.82) is 0 Å². The second kappa shape index (κ2) is 10.0. The summed E-state index contributed by atoms with van der Waals surface area (Å²) in [6.07, 6.45) is 1.96. The molecule has 0 saturated heterocycles. The monoisotopic (exact) mass is 415 g/mol. The SMILES string of the molecule is C=CC(CO[Si](c1ccccc1)(c1ccccc1)C(C)(C)C)NCc1ccccc1. The van der Waals surface area contributed by atoms with Crippen molar-refractivity contribution in [3.63, 3.8) is 0 Å². The summed E-state index contributed by atoms with van der Waals surface area (Å²) >= 11 is 0. The second-order valence-corrected chi connectivity index (χ2v) is 13.0. The van der Waals surface area contributed by atoms with Crippen molar-refractivity contribution < 1.29 is 4.43 Å². The molecular weight excluding hydrogens is 382 g/mol. The van der Waals surface area contributed by atoms with Gasteiger partial charge in [-0.3, -0.25) is 0 Å². The van der Waals surface area contributed by atoms with E-state index in [4.69, 9.17) is 4.43 Å². The van der Waals surface area contributed by atoms with Crippen molar-refractivity contribution in [2.75, 3.05) is 6.61 Å². The zero-order valence-corrected chi connectivity index (χ0v) is 19.3. The van der Waals surface area contributed by atoms with Gasteiger partial charge in [0.05, 0.1) is 6.61 Å².